The second-order valence-electron chi connectivity index (χ2n) is 3.93. The summed E-state index contributed by atoms with van der Waals surface area (Å²) in [6.07, 6.45) is 0. The molecule has 0 saturated carbocycles. The lowest BCUT2D eigenvalue weighted by atomic mass is 10.2. The summed E-state index contributed by atoms with van der Waals surface area (Å²) in [7, 11) is 1.58. The molecule has 2 nitrogen and oxygen atoms in total. The molecule has 0 bridgehead atoms. The van der Waals surface area contributed by atoms with Gasteiger partial charge in [0.1, 0.15) is 11.6 Å². The minimum atomic E-state index is -0.264. The van der Waals surface area contributed by atoms with Crippen molar-refractivity contribution in [2.24, 2.45) is 0 Å². The average Bonchev–Trinajstić information content (AvgIpc) is 2.38. The zero-order valence-electron chi connectivity index (χ0n) is 10.3. The molecule has 2 aromatic carbocycles. The first-order valence-corrected chi connectivity index (χ1v) is 7.38. The number of hydrogen-bond acceptors (Lipinski definition) is 3. The molecule has 0 spiro atoms. The lowest BCUT2D eigenvalue weighted by Crippen LogP contribution is -1.93. The zero-order chi connectivity index (χ0) is 13.8. The largest absolute Gasteiger partial charge is 0.496 e. The molecule has 19 heavy (non-hydrogen) atoms. The van der Waals surface area contributed by atoms with Gasteiger partial charge in [-0.15, -0.1) is 11.8 Å². The summed E-state index contributed by atoms with van der Waals surface area (Å²) in [4.78, 5) is 0.967. The molecule has 0 aromatic heterocycles. The molecule has 2 rings (SSSR count). The Kier molecular flexibility index (Phi) is 4.71. The highest BCUT2D eigenvalue weighted by Crippen LogP contribution is 2.32. The van der Waals surface area contributed by atoms with Crippen molar-refractivity contribution in [3.05, 3.63) is 52.3 Å². The molecule has 100 valence electrons. The summed E-state index contributed by atoms with van der Waals surface area (Å²) in [6, 6.07) is 10.2. The van der Waals surface area contributed by atoms with Crippen LogP contribution in [0.1, 0.15) is 5.56 Å². The van der Waals surface area contributed by atoms with E-state index >= 15 is 0 Å². The average molecular weight is 342 g/mol. The van der Waals surface area contributed by atoms with Crippen LogP contribution in [0.25, 0.3) is 0 Å². The summed E-state index contributed by atoms with van der Waals surface area (Å²) in [5.41, 5.74) is 7.45. The molecule has 0 radical (unpaired) electrons. The van der Waals surface area contributed by atoms with Gasteiger partial charge in [-0.2, -0.15) is 0 Å². The van der Waals surface area contributed by atoms with Gasteiger partial charge in [0.2, 0.25) is 0 Å². The molecule has 0 fully saturated rings. The molecule has 0 heterocycles. The Morgan fingerprint density at radius 3 is 2.74 bits per heavy atom. The van der Waals surface area contributed by atoms with Crippen LogP contribution in [0.15, 0.2) is 45.8 Å². The number of hydrogen-bond donors (Lipinski definition) is 1. The normalized spacial score (nSPS) is 10.5. The van der Waals surface area contributed by atoms with Crippen LogP contribution in [0.2, 0.25) is 0 Å². The van der Waals surface area contributed by atoms with Crippen molar-refractivity contribution in [3.63, 3.8) is 0 Å². The fraction of sp³-hybridized carbons (Fsp3) is 0.143. The highest BCUT2D eigenvalue weighted by Gasteiger charge is 2.07. The monoisotopic (exact) mass is 341 g/mol. The number of anilines is 1. The zero-order valence-corrected chi connectivity index (χ0v) is 12.7. The van der Waals surface area contributed by atoms with E-state index < -0.39 is 0 Å². The maximum Gasteiger partial charge on any atom is 0.123 e. The molecule has 0 amide bonds. The van der Waals surface area contributed by atoms with E-state index in [-0.39, 0.29) is 5.82 Å². The lowest BCUT2D eigenvalue weighted by molar-refractivity contribution is 0.410. The summed E-state index contributed by atoms with van der Waals surface area (Å²) in [5, 5.41) is 0. The Morgan fingerprint density at radius 1 is 1.26 bits per heavy atom. The van der Waals surface area contributed by atoms with Gasteiger partial charge in [0.25, 0.3) is 0 Å². The van der Waals surface area contributed by atoms with Crippen molar-refractivity contribution in [1.29, 1.82) is 0 Å². The third kappa shape index (κ3) is 3.64. The molecule has 0 saturated heterocycles. The molecule has 0 aliphatic heterocycles. The summed E-state index contributed by atoms with van der Waals surface area (Å²) < 4.78 is 19.4. The number of benzene rings is 2. The Labute approximate surface area is 124 Å². The predicted molar refractivity (Wildman–Crippen MR) is 81.1 cm³/mol. The van der Waals surface area contributed by atoms with Gasteiger partial charge in [-0.25, -0.2) is 4.39 Å². The van der Waals surface area contributed by atoms with Crippen LogP contribution < -0.4 is 10.5 Å². The van der Waals surface area contributed by atoms with Crippen molar-refractivity contribution >= 4 is 33.4 Å². The van der Waals surface area contributed by atoms with Gasteiger partial charge in [0.15, 0.2) is 0 Å². The Balaban J connectivity index is 2.16. The molecule has 2 aromatic rings. The van der Waals surface area contributed by atoms with Crippen molar-refractivity contribution in [2.45, 2.75) is 10.6 Å². The van der Waals surface area contributed by atoms with Crippen LogP contribution in [0, 0.1) is 5.82 Å². The quantitative estimate of drug-likeness (QED) is 0.658. The SMILES string of the molecule is COc1ccc(F)cc1CSc1ccc(Br)cc1N. The van der Waals surface area contributed by atoms with E-state index in [1.165, 1.54) is 12.1 Å². The number of ether oxygens (including phenoxy) is 1. The molecule has 0 atom stereocenters. The van der Waals surface area contributed by atoms with Crippen LogP contribution in [0.3, 0.4) is 0 Å². The maximum atomic E-state index is 13.2. The summed E-state index contributed by atoms with van der Waals surface area (Å²) in [5.74, 6) is 1.03. The fourth-order valence-corrected chi connectivity index (χ4v) is 2.97. The van der Waals surface area contributed by atoms with Gasteiger partial charge >= 0.3 is 0 Å². The van der Waals surface area contributed by atoms with Gasteiger partial charge < -0.3 is 10.5 Å². The molecule has 0 aliphatic carbocycles. The van der Waals surface area contributed by atoms with Gasteiger partial charge in [0, 0.05) is 26.4 Å². The van der Waals surface area contributed by atoms with Crippen molar-refractivity contribution in [3.8, 4) is 5.75 Å². The van der Waals surface area contributed by atoms with Gasteiger partial charge in [-0.1, -0.05) is 15.9 Å². The van der Waals surface area contributed by atoms with Crippen molar-refractivity contribution in [1.82, 2.24) is 0 Å². The Morgan fingerprint density at radius 2 is 2.05 bits per heavy atom. The van der Waals surface area contributed by atoms with Crippen LogP contribution in [0.5, 0.6) is 5.75 Å². The first-order valence-electron chi connectivity index (χ1n) is 5.60. The fourth-order valence-electron chi connectivity index (χ4n) is 1.67. The van der Waals surface area contributed by atoms with E-state index in [0.29, 0.717) is 17.2 Å². The smallest absolute Gasteiger partial charge is 0.123 e. The number of nitrogen functional groups attached to an aromatic ring is 1. The van der Waals surface area contributed by atoms with Gasteiger partial charge in [-0.05, 0) is 36.4 Å². The minimum absolute atomic E-state index is 0.264. The van der Waals surface area contributed by atoms with E-state index in [0.717, 1.165) is 14.9 Å². The number of methoxy groups -OCH3 is 1. The number of nitrogens with two attached hydrogens (primary N) is 1. The van der Waals surface area contributed by atoms with E-state index in [9.17, 15) is 4.39 Å². The van der Waals surface area contributed by atoms with Gasteiger partial charge in [0.05, 0.1) is 7.11 Å². The van der Waals surface area contributed by atoms with Crippen LogP contribution >= 0.6 is 27.7 Å². The van der Waals surface area contributed by atoms with Crippen LogP contribution in [-0.2, 0) is 5.75 Å². The number of thioether (sulfide) groups is 1. The minimum Gasteiger partial charge on any atom is -0.496 e. The van der Waals surface area contributed by atoms with Crippen LogP contribution in [0.4, 0.5) is 10.1 Å². The van der Waals surface area contributed by atoms with E-state index in [1.54, 1.807) is 24.9 Å². The second-order valence-corrected chi connectivity index (χ2v) is 5.86. The standard InChI is InChI=1S/C14H13BrFNOS/c1-18-13-4-3-11(16)6-9(13)8-19-14-5-2-10(15)7-12(14)17/h2-7H,8,17H2,1H3. The molecule has 2 N–H and O–H groups in total. The Bertz CT molecular complexity index is 592. The maximum absolute atomic E-state index is 13.2. The van der Waals surface area contributed by atoms with Gasteiger partial charge in [-0.3, -0.25) is 0 Å². The lowest BCUT2D eigenvalue weighted by Gasteiger charge is -2.09. The summed E-state index contributed by atoms with van der Waals surface area (Å²) >= 11 is 4.92. The van der Waals surface area contributed by atoms with E-state index in [1.807, 2.05) is 18.2 Å². The van der Waals surface area contributed by atoms with E-state index in [4.69, 9.17) is 10.5 Å². The topological polar surface area (TPSA) is 35.2 Å². The van der Waals surface area contributed by atoms with Crippen LogP contribution in [-0.4, -0.2) is 7.11 Å². The van der Waals surface area contributed by atoms with E-state index in [2.05, 4.69) is 15.9 Å². The first kappa shape index (κ1) is 14.2. The number of halogens is 2. The third-order valence-corrected chi connectivity index (χ3v) is 4.23. The van der Waals surface area contributed by atoms with Crippen molar-refractivity contribution < 1.29 is 9.13 Å². The first-order chi connectivity index (χ1) is 9.10. The molecular weight excluding hydrogens is 329 g/mol. The van der Waals surface area contributed by atoms with Crippen molar-refractivity contribution in [2.75, 3.05) is 12.8 Å². The third-order valence-electron chi connectivity index (χ3n) is 2.60. The highest BCUT2D eigenvalue weighted by molar-refractivity contribution is 9.10. The molecular formula is C14H13BrFNOS. The predicted octanol–water partition coefficient (Wildman–Crippen LogP) is 4.47. The second kappa shape index (κ2) is 6.30. The number of rotatable bonds is 4. The Hall–Kier alpha value is -1.20. The molecule has 0 aliphatic rings. The highest BCUT2D eigenvalue weighted by atomic mass is 79.9. The molecule has 0 unspecified atom stereocenters. The summed E-state index contributed by atoms with van der Waals surface area (Å²) in [6.45, 7) is 0. The molecule has 5 heteroatoms.